The van der Waals surface area contributed by atoms with Gasteiger partial charge in [-0.05, 0) is 63.9 Å². The van der Waals surface area contributed by atoms with Crippen molar-refractivity contribution < 1.29 is 15.0 Å². The van der Waals surface area contributed by atoms with Gasteiger partial charge in [0, 0.05) is 0 Å². The number of phenolic OH excluding ortho intramolecular Hbond substituents is 1. The molecule has 0 fully saturated rings. The van der Waals surface area contributed by atoms with Crippen molar-refractivity contribution in [1.82, 2.24) is 0 Å². The van der Waals surface area contributed by atoms with Gasteiger partial charge in [-0.1, -0.05) is 63.2 Å². The number of carboxylic acid groups (broad SMARTS) is 1. The average Bonchev–Trinajstić information content (AvgIpc) is 2.61. The molecule has 3 rings (SSSR count). The molecule has 0 aromatic heterocycles. The van der Waals surface area contributed by atoms with Crippen molar-refractivity contribution >= 4 is 5.97 Å². The van der Waals surface area contributed by atoms with E-state index in [1.54, 1.807) is 36.4 Å². The fourth-order valence-corrected chi connectivity index (χ4v) is 3.11. The number of hydrogen-bond acceptors (Lipinski definition) is 2. The standard InChI is InChI=1S/C24H24O3/c1-24(2,3)21-10-4-16(5-11-21)12-17-13-20(15-22(25)14-17)18-6-8-19(9-7-18)23(26)27/h4-11,13-15,25H,12H2,1-3H3,(H,26,27). The van der Waals surface area contributed by atoms with Gasteiger partial charge in [-0.2, -0.15) is 0 Å². The molecule has 0 spiro atoms. The van der Waals surface area contributed by atoms with Gasteiger partial charge in [0.2, 0.25) is 0 Å². The monoisotopic (exact) mass is 360 g/mol. The summed E-state index contributed by atoms with van der Waals surface area (Å²) in [6, 6.07) is 20.8. The third kappa shape index (κ3) is 4.56. The zero-order chi connectivity index (χ0) is 19.6. The molecule has 0 aliphatic rings. The molecule has 3 heteroatoms. The Morgan fingerprint density at radius 1 is 0.815 bits per heavy atom. The van der Waals surface area contributed by atoms with Crippen LogP contribution < -0.4 is 0 Å². The molecule has 3 nitrogen and oxygen atoms in total. The van der Waals surface area contributed by atoms with Crippen LogP contribution in [0, 0.1) is 0 Å². The van der Waals surface area contributed by atoms with Crippen molar-refractivity contribution in [3.63, 3.8) is 0 Å². The van der Waals surface area contributed by atoms with Gasteiger partial charge >= 0.3 is 5.97 Å². The maximum absolute atomic E-state index is 11.0. The van der Waals surface area contributed by atoms with Crippen molar-refractivity contribution in [3.05, 3.63) is 89.0 Å². The van der Waals surface area contributed by atoms with E-state index in [1.165, 1.54) is 11.1 Å². The molecule has 2 N–H and O–H groups in total. The first-order valence-electron chi connectivity index (χ1n) is 8.98. The molecule has 0 aliphatic carbocycles. The Labute approximate surface area is 159 Å². The third-order valence-electron chi connectivity index (χ3n) is 4.67. The second-order valence-corrected chi connectivity index (χ2v) is 7.89. The molecule has 0 saturated heterocycles. The first kappa shape index (κ1) is 18.7. The van der Waals surface area contributed by atoms with Crippen molar-refractivity contribution in [2.24, 2.45) is 0 Å². The average molecular weight is 360 g/mol. The van der Waals surface area contributed by atoms with Crippen LogP contribution in [0.3, 0.4) is 0 Å². The molecule has 3 aromatic carbocycles. The summed E-state index contributed by atoms with van der Waals surface area (Å²) in [6.07, 6.45) is 0.721. The molecule has 0 saturated carbocycles. The molecular weight excluding hydrogens is 336 g/mol. The predicted octanol–water partition coefficient (Wildman–Crippen LogP) is 5.65. The molecule has 0 atom stereocenters. The lowest BCUT2D eigenvalue weighted by Gasteiger charge is -2.19. The number of carboxylic acids is 1. The molecular formula is C24H24O3. The van der Waals surface area contributed by atoms with Crippen LogP contribution in [-0.4, -0.2) is 16.2 Å². The van der Waals surface area contributed by atoms with Crippen LogP contribution >= 0.6 is 0 Å². The smallest absolute Gasteiger partial charge is 0.335 e. The minimum absolute atomic E-state index is 0.124. The van der Waals surface area contributed by atoms with Crippen LogP contribution in [0.5, 0.6) is 5.75 Å². The van der Waals surface area contributed by atoms with Gasteiger partial charge in [-0.15, -0.1) is 0 Å². The van der Waals surface area contributed by atoms with E-state index in [9.17, 15) is 9.90 Å². The number of benzene rings is 3. The number of rotatable bonds is 4. The van der Waals surface area contributed by atoms with E-state index in [0.29, 0.717) is 0 Å². The normalized spacial score (nSPS) is 11.4. The Kier molecular flexibility index (Phi) is 5.04. The van der Waals surface area contributed by atoms with Crippen molar-refractivity contribution in [3.8, 4) is 16.9 Å². The first-order valence-corrected chi connectivity index (χ1v) is 8.98. The van der Waals surface area contributed by atoms with Crippen molar-refractivity contribution in [2.45, 2.75) is 32.6 Å². The van der Waals surface area contributed by atoms with E-state index in [-0.39, 0.29) is 16.7 Å². The van der Waals surface area contributed by atoms with Gasteiger partial charge in [0.25, 0.3) is 0 Å². The number of hydrogen-bond donors (Lipinski definition) is 2. The van der Waals surface area contributed by atoms with Crippen LogP contribution in [0.2, 0.25) is 0 Å². The summed E-state index contributed by atoms with van der Waals surface area (Å²) >= 11 is 0. The highest BCUT2D eigenvalue weighted by Gasteiger charge is 2.13. The second kappa shape index (κ2) is 7.28. The molecule has 138 valence electrons. The zero-order valence-corrected chi connectivity index (χ0v) is 15.9. The molecule has 0 amide bonds. The molecule has 0 unspecified atom stereocenters. The van der Waals surface area contributed by atoms with Crippen LogP contribution in [0.25, 0.3) is 11.1 Å². The van der Waals surface area contributed by atoms with Crippen LogP contribution in [0.4, 0.5) is 0 Å². The lowest BCUT2D eigenvalue weighted by Crippen LogP contribution is -2.10. The third-order valence-corrected chi connectivity index (χ3v) is 4.67. The lowest BCUT2D eigenvalue weighted by atomic mass is 9.86. The lowest BCUT2D eigenvalue weighted by molar-refractivity contribution is 0.0697. The molecule has 3 aromatic rings. The maximum Gasteiger partial charge on any atom is 0.335 e. The summed E-state index contributed by atoms with van der Waals surface area (Å²) in [5.41, 5.74) is 5.60. The second-order valence-electron chi connectivity index (χ2n) is 7.89. The zero-order valence-electron chi connectivity index (χ0n) is 15.9. The summed E-state index contributed by atoms with van der Waals surface area (Å²) < 4.78 is 0. The van der Waals surface area contributed by atoms with E-state index in [2.05, 4.69) is 45.0 Å². The van der Waals surface area contributed by atoms with Gasteiger partial charge < -0.3 is 10.2 Å². The Balaban J connectivity index is 1.86. The number of phenols is 1. The van der Waals surface area contributed by atoms with Gasteiger partial charge in [0.15, 0.2) is 0 Å². The highest BCUT2D eigenvalue weighted by molar-refractivity contribution is 5.88. The molecule has 0 heterocycles. The highest BCUT2D eigenvalue weighted by Crippen LogP contribution is 2.28. The minimum Gasteiger partial charge on any atom is -0.508 e. The van der Waals surface area contributed by atoms with E-state index in [0.717, 1.165) is 23.1 Å². The van der Waals surface area contributed by atoms with E-state index < -0.39 is 5.97 Å². The Bertz CT molecular complexity index is 946. The quantitative estimate of drug-likeness (QED) is 0.632. The van der Waals surface area contributed by atoms with Gasteiger partial charge in [0.1, 0.15) is 5.75 Å². The Morgan fingerprint density at radius 3 is 2.00 bits per heavy atom. The van der Waals surface area contributed by atoms with Gasteiger partial charge in [-0.25, -0.2) is 4.79 Å². The highest BCUT2D eigenvalue weighted by atomic mass is 16.4. The van der Waals surface area contributed by atoms with E-state index >= 15 is 0 Å². The Morgan fingerprint density at radius 2 is 1.44 bits per heavy atom. The fraction of sp³-hybridized carbons (Fsp3) is 0.208. The topological polar surface area (TPSA) is 57.5 Å². The summed E-state index contributed by atoms with van der Waals surface area (Å²) in [5, 5.41) is 19.2. The van der Waals surface area contributed by atoms with Crippen LogP contribution in [0.1, 0.15) is 47.8 Å². The summed E-state index contributed by atoms with van der Waals surface area (Å²) in [6.45, 7) is 6.58. The molecule has 27 heavy (non-hydrogen) atoms. The fourth-order valence-electron chi connectivity index (χ4n) is 3.11. The largest absolute Gasteiger partial charge is 0.508 e. The Hall–Kier alpha value is -3.07. The number of aromatic hydroxyl groups is 1. The van der Waals surface area contributed by atoms with Crippen LogP contribution in [0.15, 0.2) is 66.7 Å². The minimum atomic E-state index is -0.947. The van der Waals surface area contributed by atoms with Gasteiger partial charge in [-0.3, -0.25) is 0 Å². The number of carbonyl (C=O) groups is 1. The van der Waals surface area contributed by atoms with Crippen molar-refractivity contribution in [2.75, 3.05) is 0 Å². The summed E-state index contributed by atoms with van der Waals surface area (Å²) in [7, 11) is 0. The van der Waals surface area contributed by atoms with E-state index in [1.807, 2.05) is 6.07 Å². The SMILES string of the molecule is CC(C)(C)c1ccc(Cc2cc(O)cc(-c3ccc(C(=O)O)cc3)c2)cc1. The molecule has 0 aliphatic heterocycles. The van der Waals surface area contributed by atoms with Crippen LogP contribution in [-0.2, 0) is 11.8 Å². The molecule has 0 radical (unpaired) electrons. The van der Waals surface area contributed by atoms with E-state index in [4.69, 9.17) is 5.11 Å². The summed E-state index contributed by atoms with van der Waals surface area (Å²) in [5.74, 6) is -0.743. The predicted molar refractivity (Wildman–Crippen MR) is 108 cm³/mol. The summed E-state index contributed by atoms with van der Waals surface area (Å²) in [4.78, 5) is 11.0. The number of aromatic carboxylic acids is 1. The maximum atomic E-state index is 11.0. The van der Waals surface area contributed by atoms with Crippen molar-refractivity contribution in [1.29, 1.82) is 0 Å². The van der Waals surface area contributed by atoms with Gasteiger partial charge in [0.05, 0.1) is 5.56 Å². The molecule has 0 bridgehead atoms. The first-order chi connectivity index (χ1) is 12.7.